The quantitative estimate of drug-likeness (QED) is 0.854. The first kappa shape index (κ1) is 12.6. The number of nitrogens with zero attached hydrogens (tertiary/aromatic N) is 1. The molecule has 0 saturated carbocycles. The van der Waals surface area contributed by atoms with Crippen molar-refractivity contribution in [3.63, 3.8) is 0 Å². The van der Waals surface area contributed by atoms with E-state index in [0.29, 0.717) is 12.0 Å². The Morgan fingerprint density at radius 3 is 2.38 bits per heavy atom. The SMILES string of the molecule is CCCC[C@H](N)c1cc(F)c(C#N)c(F)c1. The number of unbranched alkanes of at least 4 members (excludes halogenated alkanes) is 1. The van der Waals surface area contributed by atoms with Crippen LogP contribution in [0.5, 0.6) is 0 Å². The maximum absolute atomic E-state index is 13.3. The van der Waals surface area contributed by atoms with Gasteiger partial charge in [0.05, 0.1) is 0 Å². The molecule has 0 aliphatic carbocycles. The highest BCUT2D eigenvalue weighted by atomic mass is 19.1. The lowest BCUT2D eigenvalue weighted by Gasteiger charge is -2.12. The molecule has 16 heavy (non-hydrogen) atoms. The van der Waals surface area contributed by atoms with Crippen molar-refractivity contribution in [3.05, 3.63) is 34.9 Å². The summed E-state index contributed by atoms with van der Waals surface area (Å²) in [5.74, 6) is -1.69. The van der Waals surface area contributed by atoms with Gasteiger partial charge in [-0.25, -0.2) is 8.78 Å². The summed E-state index contributed by atoms with van der Waals surface area (Å²) in [6.45, 7) is 2.02. The summed E-state index contributed by atoms with van der Waals surface area (Å²) < 4.78 is 26.6. The predicted molar refractivity (Wildman–Crippen MR) is 57.5 cm³/mol. The molecule has 0 amide bonds. The standard InChI is InChI=1S/C12H14F2N2/c1-2-3-4-12(16)8-5-10(13)9(7-15)11(14)6-8/h5-6,12H,2-4,16H2,1H3/t12-/m0/s1. The van der Waals surface area contributed by atoms with Crippen LogP contribution in [0.1, 0.15) is 43.4 Å². The number of hydrogen-bond donors (Lipinski definition) is 1. The molecular weight excluding hydrogens is 210 g/mol. The molecule has 1 rings (SSSR count). The van der Waals surface area contributed by atoms with E-state index in [0.717, 1.165) is 25.0 Å². The first-order valence-corrected chi connectivity index (χ1v) is 5.24. The topological polar surface area (TPSA) is 49.8 Å². The lowest BCUT2D eigenvalue weighted by molar-refractivity contribution is 0.555. The molecule has 4 heteroatoms. The minimum absolute atomic E-state index is 0.378. The maximum atomic E-state index is 13.3. The van der Waals surface area contributed by atoms with Gasteiger partial charge in [0, 0.05) is 6.04 Å². The Kier molecular flexibility index (Phi) is 4.39. The smallest absolute Gasteiger partial charge is 0.144 e. The largest absolute Gasteiger partial charge is 0.324 e. The van der Waals surface area contributed by atoms with Crippen molar-refractivity contribution in [3.8, 4) is 6.07 Å². The van der Waals surface area contributed by atoms with Crippen molar-refractivity contribution in [2.75, 3.05) is 0 Å². The van der Waals surface area contributed by atoms with Crippen molar-refractivity contribution in [1.82, 2.24) is 0 Å². The Morgan fingerprint density at radius 2 is 1.94 bits per heavy atom. The molecule has 0 spiro atoms. The lowest BCUT2D eigenvalue weighted by atomic mass is 10.0. The van der Waals surface area contributed by atoms with Gasteiger partial charge in [-0.15, -0.1) is 0 Å². The molecule has 0 bridgehead atoms. The average molecular weight is 224 g/mol. The zero-order valence-electron chi connectivity index (χ0n) is 9.13. The van der Waals surface area contributed by atoms with E-state index >= 15 is 0 Å². The monoisotopic (exact) mass is 224 g/mol. The van der Waals surface area contributed by atoms with Gasteiger partial charge in [0.1, 0.15) is 23.3 Å². The Morgan fingerprint density at radius 1 is 1.38 bits per heavy atom. The highest BCUT2D eigenvalue weighted by Crippen LogP contribution is 2.21. The third-order valence-electron chi connectivity index (χ3n) is 2.47. The average Bonchev–Trinajstić information content (AvgIpc) is 2.25. The van der Waals surface area contributed by atoms with Crippen LogP contribution in [0.4, 0.5) is 8.78 Å². The molecule has 0 unspecified atom stereocenters. The van der Waals surface area contributed by atoms with Gasteiger partial charge in [-0.1, -0.05) is 19.8 Å². The van der Waals surface area contributed by atoms with E-state index in [2.05, 4.69) is 0 Å². The Balaban J connectivity index is 2.96. The summed E-state index contributed by atoms with van der Waals surface area (Å²) >= 11 is 0. The van der Waals surface area contributed by atoms with Crippen molar-refractivity contribution in [1.29, 1.82) is 5.26 Å². The van der Waals surface area contributed by atoms with Crippen LogP contribution in [0.3, 0.4) is 0 Å². The van der Waals surface area contributed by atoms with Crippen LogP contribution >= 0.6 is 0 Å². The molecule has 1 aromatic rings. The molecule has 0 heterocycles. The van der Waals surface area contributed by atoms with Crippen LogP contribution in [0, 0.1) is 23.0 Å². The van der Waals surface area contributed by atoms with Gasteiger partial charge in [0.25, 0.3) is 0 Å². The number of halogens is 2. The van der Waals surface area contributed by atoms with E-state index in [4.69, 9.17) is 11.0 Å². The van der Waals surface area contributed by atoms with Crippen LogP contribution in [-0.4, -0.2) is 0 Å². The van der Waals surface area contributed by atoms with E-state index in [-0.39, 0.29) is 6.04 Å². The van der Waals surface area contributed by atoms with Crippen LogP contribution in [0.2, 0.25) is 0 Å². The number of rotatable bonds is 4. The molecule has 0 saturated heterocycles. The summed E-state index contributed by atoms with van der Waals surface area (Å²) in [6.07, 6.45) is 2.57. The summed E-state index contributed by atoms with van der Waals surface area (Å²) in [6, 6.07) is 3.39. The molecular formula is C12H14F2N2. The molecule has 0 aromatic heterocycles. The summed E-state index contributed by atoms with van der Waals surface area (Å²) in [5.41, 5.74) is 5.65. The third-order valence-corrected chi connectivity index (χ3v) is 2.47. The molecule has 1 atom stereocenters. The van der Waals surface area contributed by atoms with Gasteiger partial charge < -0.3 is 5.73 Å². The summed E-state index contributed by atoms with van der Waals surface area (Å²) in [4.78, 5) is 0. The second kappa shape index (κ2) is 5.57. The molecule has 0 aliphatic rings. The predicted octanol–water partition coefficient (Wildman–Crippen LogP) is 3.03. The van der Waals surface area contributed by atoms with Gasteiger partial charge in [0.15, 0.2) is 0 Å². The van der Waals surface area contributed by atoms with Gasteiger partial charge in [-0.3, -0.25) is 0 Å². The Labute approximate surface area is 93.7 Å². The Bertz CT molecular complexity index is 387. The van der Waals surface area contributed by atoms with Crippen LogP contribution in [0.25, 0.3) is 0 Å². The fraction of sp³-hybridized carbons (Fsp3) is 0.417. The minimum Gasteiger partial charge on any atom is -0.324 e. The minimum atomic E-state index is -0.843. The van der Waals surface area contributed by atoms with E-state index in [9.17, 15) is 8.78 Å². The fourth-order valence-electron chi connectivity index (χ4n) is 1.50. The van der Waals surface area contributed by atoms with Crippen LogP contribution < -0.4 is 5.73 Å². The van der Waals surface area contributed by atoms with E-state index in [1.165, 1.54) is 6.07 Å². The van der Waals surface area contributed by atoms with E-state index < -0.39 is 17.2 Å². The molecule has 86 valence electrons. The zero-order valence-corrected chi connectivity index (χ0v) is 9.13. The van der Waals surface area contributed by atoms with Crippen molar-refractivity contribution in [2.45, 2.75) is 32.2 Å². The second-order valence-corrected chi connectivity index (χ2v) is 3.72. The summed E-state index contributed by atoms with van der Waals surface area (Å²) in [7, 11) is 0. The molecule has 2 N–H and O–H groups in total. The molecule has 1 aromatic carbocycles. The number of nitrogens with two attached hydrogens (primary N) is 1. The van der Waals surface area contributed by atoms with Crippen LogP contribution in [0.15, 0.2) is 12.1 Å². The number of nitriles is 1. The highest BCUT2D eigenvalue weighted by molar-refractivity contribution is 5.36. The first-order valence-electron chi connectivity index (χ1n) is 5.24. The normalized spacial score (nSPS) is 12.2. The number of hydrogen-bond acceptors (Lipinski definition) is 2. The van der Waals surface area contributed by atoms with Crippen molar-refractivity contribution < 1.29 is 8.78 Å². The van der Waals surface area contributed by atoms with Crippen molar-refractivity contribution >= 4 is 0 Å². The Hall–Kier alpha value is -1.47. The fourth-order valence-corrected chi connectivity index (χ4v) is 1.50. The van der Waals surface area contributed by atoms with Gasteiger partial charge in [-0.05, 0) is 24.1 Å². The van der Waals surface area contributed by atoms with E-state index in [1.54, 1.807) is 0 Å². The highest BCUT2D eigenvalue weighted by Gasteiger charge is 2.14. The summed E-state index contributed by atoms with van der Waals surface area (Å²) in [5, 5.41) is 8.51. The molecule has 0 radical (unpaired) electrons. The van der Waals surface area contributed by atoms with E-state index in [1.807, 2.05) is 6.92 Å². The first-order chi connectivity index (χ1) is 7.60. The third kappa shape index (κ3) is 2.77. The number of benzene rings is 1. The lowest BCUT2D eigenvalue weighted by Crippen LogP contribution is -2.11. The van der Waals surface area contributed by atoms with Crippen LogP contribution in [-0.2, 0) is 0 Å². The molecule has 2 nitrogen and oxygen atoms in total. The molecule has 0 fully saturated rings. The second-order valence-electron chi connectivity index (χ2n) is 3.72. The molecule has 0 aliphatic heterocycles. The maximum Gasteiger partial charge on any atom is 0.144 e. The zero-order chi connectivity index (χ0) is 12.1. The van der Waals surface area contributed by atoms with Gasteiger partial charge >= 0.3 is 0 Å². The van der Waals surface area contributed by atoms with Gasteiger partial charge in [-0.2, -0.15) is 5.26 Å². The van der Waals surface area contributed by atoms with Gasteiger partial charge in [0.2, 0.25) is 0 Å². The van der Waals surface area contributed by atoms with Crippen molar-refractivity contribution in [2.24, 2.45) is 5.73 Å².